The highest BCUT2D eigenvalue weighted by atomic mass is 16.5. The first-order valence-electron chi connectivity index (χ1n) is 11.7. The molecule has 0 bridgehead atoms. The average molecular weight is 474 g/mol. The topological polar surface area (TPSA) is 74.6 Å². The number of hydrogen-bond acceptors (Lipinski definition) is 5. The number of carbonyl (C=O) groups excluding carboxylic acids is 1. The third-order valence-corrected chi connectivity index (χ3v) is 5.89. The third-order valence-electron chi connectivity index (χ3n) is 5.89. The normalized spacial score (nSPS) is 10.8. The first-order chi connectivity index (χ1) is 17.1. The first-order valence-corrected chi connectivity index (χ1v) is 11.7. The Labute approximate surface area is 205 Å². The highest BCUT2D eigenvalue weighted by molar-refractivity contribution is 5.94. The maximum atomic E-state index is 12.7. The quantitative estimate of drug-likeness (QED) is 0.317. The minimum absolute atomic E-state index is 0.166. The van der Waals surface area contributed by atoms with Crippen molar-refractivity contribution in [2.24, 2.45) is 0 Å². The molecule has 4 aromatic rings. The van der Waals surface area contributed by atoms with Gasteiger partial charge in [0.25, 0.3) is 5.91 Å². The lowest BCUT2D eigenvalue weighted by Crippen LogP contribution is -2.26. The fourth-order valence-electron chi connectivity index (χ4n) is 4.06. The third kappa shape index (κ3) is 5.74. The molecule has 0 fully saturated rings. The van der Waals surface area contributed by atoms with E-state index in [4.69, 9.17) is 19.2 Å². The highest BCUT2D eigenvalue weighted by Crippen LogP contribution is 2.27. The lowest BCUT2D eigenvalue weighted by molar-refractivity contribution is 0.0953. The average Bonchev–Trinajstić information content (AvgIpc) is 3.24. The zero-order chi connectivity index (χ0) is 24.6. The summed E-state index contributed by atoms with van der Waals surface area (Å²) in [5, 5.41) is 2.99. The number of ether oxygens (including phenoxy) is 3. The van der Waals surface area contributed by atoms with Crippen LogP contribution in [-0.2, 0) is 13.0 Å². The van der Waals surface area contributed by atoms with Crippen LogP contribution in [0.3, 0.4) is 0 Å². The molecule has 1 heterocycles. The predicted molar refractivity (Wildman–Crippen MR) is 137 cm³/mol. The van der Waals surface area contributed by atoms with Crippen molar-refractivity contribution in [2.75, 3.05) is 27.4 Å². The van der Waals surface area contributed by atoms with Crippen LogP contribution in [0.1, 0.15) is 28.2 Å². The molecule has 1 N–H and O–H groups in total. The molecular formula is C28H31N3O4. The van der Waals surface area contributed by atoms with Gasteiger partial charge >= 0.3 is 0 Å². The van der Waals surface area contributed by atoms with E-state index in [2.05, 4.69) is 16.0 Å². The first kappa shape index (κ1) is 24.1. The van der Waals surface area contributed by atoms with Crippen molar-refractivity contribution >= 4 is 16.9 Å². The molecule has 0 aliphatic rings. The Morgan fingerprint density at radius 1 is 0.943 bits per heavy atom. The number of nitrogens with one attached hydrogen (secondary N) is 1. The zero-order valence-electron chi connectivity index (χ0n) is 20.4. The number of hydrogen-bond donors (Lipinski definition) is 1. The fraction of sp³-hybridized carbons (Fsp3) is 0.286. The van der Waals surface area contributed by atoms with Gasteiger partial charge in [0.15, 0.2) is 11.5 Å². The summed E-state index contributed by atoms with van der Waals surface area (Å²) in [5.74, 6) is 2.80. The van der Waals surface area contributed by atoms with Gasteiger partial charge in [-0.1, -0.05) is 30.3 Å². The maximum Gasteiger partial charge on any atom is 0.251 e. The van der Waals surface area contributed by atoms with E-state index in [9.17, 15) is 4.79 Å². The Morgan fingerprint density at radius 3 is 2.51 bits per heavy atom. The molecule has 1 aromatic heterocycles. The van der Waals surface area contributed by atoms with Gasteiger partial charge in [-0.25, -0.2) is 4.98 Å². The number of methoxy groups -OCH3 is 2. The molecule has 0 radical (unpaired) electrons. The summed E-state index contributed by atoms with van der Waals surface area (Å²) < 4.78 is 18.7. The number of nitrogens with zero attached hydrogens (tertiary/aromatic N) is 2. The number of fused-ring (bicyclic) bond motifs is 1. The number of aromatic nitrogens is 2. The van der Waals surface area contributed by atoms with Gasteiger partial charge in [-0.15, -0.1) is 0 Å². The molecule has 0 saturated carbocycles. The van der Waals surface area contributed by atoms with Crippen LogP contribution in [0.2, 0.25) is 0 Å². The van der Waals surface area contributed by atoms with Crippen LogP contribution in [0.5, 0.6) is 17.2 Å². The summed E-state index contributed by atoms with van der Waals surface area (Å²) >= 11 is 0. The molecule has 182 valence electrons. The van der Waals surface area contributed by atoms with E-state index in [0.29, 0.717) is 36.6 Å². The number of para-hydroxylation sites is 3. The number of amides is 1. The van der Waals surface area contributed by atoms with Crippen LogP contribution in [0, 0.1) is 6.92 Å². The molecule has 4 rings (SSSR count). The molecule has 0 atom stereocenters. The molecule has 0 saturated heterocycles. The van der Waals surface area contributed by atoms with Gasteiger partial charge in [-0.05, 0) is 55.3 Å². The second-order valence-corrected chi connectivity index (χ2v) is 8.21. The van der Waals surface area contributed by atoms with Gasteiger partial charge in [-0.3, -0.25) is 4.79 Å². The summed E-state index contributed by atoms with van der Waals surface area (Å²) in [7, 11) is 3.12. The molecular weight excluding hydrogens is 442 g/mol. The van der Waals surface area contributed by atoms with Crippen LogP contribution in [-0.4, -0.2) is 42.8 Å². The Hall–Kier alpha value is -4.00. The van der Waals surface area contributed by atoms with Crippen molar-refractivity contribution in [3.8, 4) is 17.2 Å². The molecule has 7 heteroatoms. The van der Waals surface area contributed by atoms with Crippen molar-refractivity contribution < 1.29 is 19.0 Å². The fourth-order valence-corrected chi connectivity index (χ4v) is 4.06. The van der Waals surface area contributed by atoms with Crippen molar-refractivity contribution in [2.45, 2.75) is 26.3 Å². The Morgan fingerprint density at radius 2 is 1.71 bits per heavy atom. The van der Waals surface area contributed by atoms with E-state index < -0.39 is 0 Å². The predicted octanol–water partition coefficient (Wildman–Crippen LogP) is 4.80. The Balaban J connectivity index is 1.38. The van der Waals surface area contributed by atoms with Gasteiger partial charge in [0, 0.05) is 25.1 Å². The lowest BCUT2D eigenvalue weighted by Gasteiger charge is -2.12. The minimum atomic E-state index is -0.166. The van der Waals surface area contributed by atoms with E-state index in [-0.39, 0.29) is 5.91 Å². The lowest BCUT2D eigenvalue weighted by atomic mass is 10.2. The Kier molecular flexibility index (Phi) is 7.88. The molecule has 3 aromatic carbocycles. The number of rotatable bonds is 11. The van der Waals surface area contributed by atoms with Crippen molar-refractivity contribution in [3.63, 3.8) is 0 Å². The second kappa shape index (κ2) is 11.4. The van der Waals surface area contributed by atoms with Crippen LogP contribution >= 0.6 is 0 Å². The van der Waals surface area contributed by atoms with Crippen molar-refractivity contribution in [1.82, 2.24) is 14.9 Å². The van der Waals surface area contributed by atoms with Gasteiger partial charge in [0.1, 0.15) is 11.6 Å². The summed E-state index contributed by atoms with van der Waals surface area (Å²) in [5.41, 5.74) is 3.69. The molecule has 0 spiro atoms. The minimum Gasteiger partial charge on any atom is -0.493 e. The van der Waals surface area contributed by atoms with E-state index in [1.165, 1.54) is 0 Å². The largest absolute Gasteiger partial charge is 0.493 e. The summed E-state index contributed by atoms with van der Waals surface area (Å²) in [6, 6.07) is 21.3. The van der Waals surface area contributed by atoms with Gasteiger partial charge < -0.3 is 24.1 Å². The van der Waals surface area contributed by atoms with E-state index in [1.54, 1.807) is 32.4 Å². The summed E-state index contributed by atoms with van der Waals surface area (Å²) in [4.78, 5) is 17.5. The van der Waals surface area contributed by atoms with Crippen LogP contribution in [0.25, 0.3) is 11.0 Å². The van der Waals surface area contributed by atoms with Crippen molar-refractivity contribution in [1.29, 1.82) is 0 Å². The second-order valence-electron chi connectivity index (χ2n) is 8.21. The molecule has 0 unspecified atom stereocenters. The van der Waals surface area contributed by atoms with E-state index in [0.717, 1.165) is 41.1 Å². The number of benzene rings is 3. The number of carbonyl (C=O) groups is 1. The number of imidazole rings is 1. The Bertz CT molecular complexity index is 1300. The molecule has 0 aliphatic heterocycles. The molecule has 7 nitrogen and oxygen atoms in total. The molecule has 1 amide bonds. The summed E-state index contributed by atoms with van der Waals surface area (Å²) in [6.45, 7) is 3.92. The highest BCUT2D eigenvalue weighted by Gasteiger charge is 2.13. The zero-order valence-corrected chi connectivity index (χ0v) is 20.4. The van der Waals surface area contributed by atoms with Crippen LogP contribution in [0.15, 0.2) is 66.7 Å². The molecule has 35 heavy (non-hydrogen) atoms. The maximum absolute atomic E-state index is 12.7. The van der Waals surface area contributed by atoms with E-state index in [1.807, 2.05) is 49.4 Å². The van der Waals surface area contributed by atoms with Crippen LogP contribution < -0.4 is 19.5 Å². The van der Waals surface area contributed by atoms with Crippen molar-refractivity contribution in [3.05, 3.63) is 83.7 Å². The standard InChI is InChI=1S/C28H31N3O4/c1-20-9-4-7-12-24(20)35-18-8-17-31-23-11-6-5-10-22(23)30-27(31)15-16-29-28(32)21-13-14-25(33-2)26(19-21)34-3/h4-7,9-14,19H,8,15-18H2,1-3H3,(H,29,32). The SMILES string of the molecule is COc1ccc(C(=O)NCCc2nc3ccccc3n2CCCOc2ccccc2C)cc1OC. The smallest absolute Gasteiger partial charge is 0.251 e. The van der Waals surface area contributed by atoms with Gasteiger partial charge in [0.2, 0.25) is 0 Å². The van der Waals surface area contributed by atoms with E-state index >= 15 is 0 Å². The van der Waals surface area contributed by atoms with Gasteiger partial charge in [-0.2, -0.15) is 0 Å². The summed E-state index contributed by atoms with van der Waals surface area (Å²) in [6.07, 6.45) is 1.46. The van der Waals surface area contributed by atoms with Gasteiger partial charge in [0.05, 0.1) is 31.9 Å². The van der Waals surface area contributed by atoms with Crippen LogP contribution in [0.4, 0.5) is 0 Å². The molecule has 0 aliphatic carbocycles. The number of aryl methyl sites for hydroxylation is 2. The monoisotopic (exact) mass is 473 g/mol.